The van der Waals surface area contributed by atoms with E-state index in [1.54, 1.807) is 6.08 Å². The molecule has 1 unspecified atom stereocenters. The molecule has 130 valence electrons. The minimum absolute atomic E-state index is 0.182. The minimum Gasteiger partial charge on any atom is -0.491 e. The lowest BCUT2D eigenvalue weighted by molar-refractivity contribution is -0.130. The van der Waals surface area contributed by atoms with Gasteiger partial charge < -0.3 is 9.47 Å². The Bertz CT molecular complexity index is 635. The lowest BCUT2D eigenvalue weighted by Gasteiger charge is -2.43. The highest BCUT2D eigenvalue weighted by atomic mass is 79.9. The number of nitrogens with one attached hydrogen (secondary N) is 1. The molecule has 2 aromatic rings. The molecule has 0 amide bonds. The molecule has 1 aromatic heterocycles. The Morgan fingerprint density at radius 2 is 1.96 bits per heavy atom. The van der Waals surface area contributed by atoms with Gasteiger partial charge in [-0.2, -0.15) is 5.10 Å². The van der Waals surface area contributed by atoms with E-state index in [4.69, 9.17) is 9.47 Å². The molecule has 0 bridgehead atoms. The lowest BCUT2D eigenvalue weighted by atomic mass is 9.74. The van der Waals surface area contributed by atoms with E-state index in [9.17, 15) is 0 Å². The van der Waals surface area contributed by atoms with E-state index in [1.807, 2.05) is 24.3 Å². The van der Waals surface area contributed by atoms with Crippen LogP contribution in [0.4, 0.5) is 0 Å². The van der Waals surface area contributed by atoms with Crippen LogP contribution in [0.25, 0.3) is 0 Å². The average Bonchev–Trinajstić information content (AvgIpc) is 3.03. The minimum atomic E-state index is -0.576. The van der Waals surface area contributed by atoms with Crippen LogP contribution in [0.5, 0.6) is 5.75 Å². The first-order valence-corrected chi connectivity index (χ1v) is 8.63. The number of aromatic amines is 1. The van der Waals surface area contributed by atoms with Crippen molar-refractivity contribution in [3.63, 3.8) is 0 Å². The fraction of sp³-hybridized carbons (Fsp3) is 0.444. The third-order valence-electron chi connectivity index (χ3n) is 4.05. The second-order valence-electron chi connectivity index (χ2n) is 6.70. The molecule has 1 N–H and O–H groups in total. The molecule has 24 heavy (non-hydrogen) atoms. The van der Waals surface area contributed by atoms with Crippen LogP contribution in [0.2, 0.25) is 0 Å². The van der Waals surface area contributed by atoms with Gasteiger partial charge in [0.2, 0.25) is 0 Å². The maximum Gasteiger partial charge on any atom is 0.137 e. The Morgan fingerprint density at radius 1 is 1.25 bits per heavy atom. The first-order chi connectivity index (χ1) is 11.4. The molecule has 5 nitrogen and oxygen atoms in total. The van der Waals surface area contributed by atoms with Gasteiger partial charge in [0.25, 0.3) is 0 Å². The molecule has 1 atom stereocenters. The summed E-state index contributed by atoms with van der Waals surface area (Å²) in [5.74, 6) is 1.57. The van der Waals surface area contributed by atoms with Crippen LogP contribution in [0, 0.1) is 5.41 Å². The number of rotatable bonds is 8. The van der Waals surface area contributed by atoms with Gasteiger partial charge >= 0.3 is 0 Å². The molecule has 0 saturated carbocycles. The van der Waals surface area contributed by atoms with E-state index in [0.29, 0.717) is 19.6 Å². The van der Waals surface area contributed by atoms with Crippen molar-refractivity contribution in [2.75, 3.05) is 13.2 Å². The third-order valence-corrected chi connectivity index (χ3v) is 4.58. The van der Waals surface area contributed by atoms with Crippen molar-refractivity contribution in [2.24, 2.45) is 5.41 Å². The zero-order chi connectivity index (χ0) is 17.6. The number of hydrogen-bond donors (Lipinski definition) is 1. The molecule has 0 aliphatic heterocycles. The molecule has 2 rings (SSSR count). The molecule has 6 heteroatoms. The summed E-state index contributed by atoms with van der Waals surface area (Å²) in [6, 6.07) is 7.77. The van der Waals surface area contributed by atoms with Gasteiger partial charge in [0, 0.05) is 10.9 Å². The summed E-state index contributed by atoms with van der Waals surface area (Å²) < 4.78 is 13.3. The molecule has 1 heterocycles. The van der Waals surface area contributed by atoms with Gasteiger partial charge in [-0.15, -0.1) is 6.58 Å². The highest BCUT2D eigenvalue weighted by Crippen LogP contribution is 2.37. The normalized spacial score (nSPS) is 14.2. The van der Waals surface area contributed by atoms with Crippen molar-refractivity contribution >= 4 is 15.9 Å². The van der Waals surface area contributed by atoms with E-state index >= 15 is 0 Å². The third kappa shape index (κ3) is 4.68. The zero-order valence-corrected chi connectivity index (χ0v) is 16.0. The van der Waals surface area contributed by atoms with Gasteiger partial charge in [-0.1, -0.05) is 42.8 Å². The second kappa shape index (κ2) is 7.94. The fourth-order valence-electron chi connectivity index (χ4n) is 2.38. The number of halogens is 1. The Hall–Kier alpha value is -1.66. The molecule has 0 saturated heterocycles. The van der Waals surface area contributed by atoms with E-state index in [2.05, 4.69) is 58.5 Å². The molecule has 0 spiro atoms. The van der Waals surface area contributed by atoms with Crippen molar-refractivity contribution in [1.29, 1.82) is 0 Å². The number of ether oxygens (including phenoxy) is 2. The summed E-state index contributed by atoms with van der Waals surface area (Å²) >= 11 is 3.43. The van der Waals surface area contributed by atoms with Gasteiger partial charge in [-0.05, 0) is 29.7 Å². The van der Waals surface area contributed by atoms with Crippen LogP contribution in [0.15, 0.2) is 47.7 Å². The van der Waals surface area contributed by atoms with Crippen LogP contribution in [0.1, 0.15) is 26.6 Å². The van der Waals surface area contributed by atoms with Gasteiger partial charge in [-0.25, -0.2) is 4.98 Å². The van der Waals surface area contributed by atoms with E-state index in [1.165, 1.54) is 6.33 Å². The first-order valence-electron chi connectivity index (χ1n) is 7.84. The summed E-state index contributed by atoms with van der Waals surface area (Å²) in [5, 5.41) is 6.86. The molecule has 1 aromatic carbocycles. The predicted molar refractivity (Wildman–Crippen MR) is 98.1 cm³/mol. The highest BCUT2D eigenvalue weighted by molar-refractivity contribution is 9.10. The average molecular weight is 394 g/mol. The predicted octanol–water partition coefficient (Wildman–Crippen LogP) is 4.18. The van der Waals surface area contributed by atoms with Crippen molar-refractivity contribution in [2.45, 2.75) is 32.8 Å². The quantitative estimate of drug-likeness (QED) is 0.683. The molecule has 0 aliphatic rings. The van der Waals surface area contributed by atoms with Crippen LogP contribution < -0.4 is 4.74 Å². The number of H-pyrrole nitrogens is 1. The maximum absolute atomic E-state index is 6.22. The van der Waals surface area contributed by atoms with E-state index in [0.717, 1.165) is 16.0 Å². The standard InChI is InChI=1S/C18H24BrN3O2/c1-5-10-24-18(17(2,3)4,11-16-20-13-21-22-16)12-23-15-8-6-14(19)7-9-15/h5-9,13H,1,10-12H2,2-4H3,(H,20,21,22). The van der Waals surface area contributed by atoms with Crippen molar-refractivity contribution in [3.8, 4) is 5.75 Å². The van der Waals surface area contributed by atoms with Gasteiger partial charge in [-0.3, -0.25) is 5.10 Å². The van der Waals surface area contributed by atoms with Crippen LogP contribution in [-0.4, -0.2) is 34.0 Å². The monoisotopic (exact) mass is 393 g/mol. The van der Waals surface area contributed by atoms with E-state index in [-0.39, 0.29) is 5.41 Å². The van der Waals surface area contributed by atoms with Crippen LogP contribution >= 0.6 is 15.9 Å². The second-order valence-corrected chi connectivity index (χ2v) is 7.61. The van der Waals surface area contributed by atoms with Crippen molar-refractivity contribution in [3.05, 3.63) is 53.5 Å². The zero-order valence-electron chi connectivity index (χ0n) is 14.4. The number of hydrogen-bond acceptors (Lipinski definition) is 4. The van der Waals surface area contributed by atoms with Gasteiger partial charge in [0.15, 0.2) is 0 Å². The smallest absolute Gasteiger partial charge is 0.137 e. The first kappa shape index (κ1) is 18.7. The summed E-state index contributed by atoms with van der Waals surface area (Å²) in [4.78, 5) is 4.26. The highest BCUT2D eigenvalue weighted by Gasteiger charge is 2.45. The summed E-state index contributed by atoms with van der Waals surface area (Å²) in [5.41, 5.74) is -0.758. The molecular weight excluding hydrogens is 370 g/mol. The Balaban J connectivity index is 2.24. The Labute approximate surface area is 151 Å². The lowest BCUT2D eigenvalue weighted by Crippen LogP contribution is -2.52. The molecule has 0 aliphatic carbocycles. The summed E-state index contributed by atoms with van der Waals surface area (Å²) in [6.45, 7) is 11.0. The Morgan fingerprint density at radius 3 is 2.50 bits per heavy atom. The Kier molecular flexibility index (Phi) is 6.18. The molecular formula is C18H24BrN3O2. The summed E-state index contributed by atoms with van der Waals surface area (Å²) in [7, 11) is 0. The summed E-state index contributed by atoms with van der Waals surface area (Å²) in [6.07, 6.45) is 3.83. The molecule has 0 radical (unpaired) electrons. The van der Waals surface area contributed by atoms with Crippen molar-refractivity contribution < 1.29 is 9.47 Å². The largest absolute Gasteiger partial charge is 0.491 e. The van der Waals surface area contributed by atoms with Crippen molar-refractivity contribution in [1.82, 2.24) is 15.2 Å². The van der Waals surface area contributed by atoms with Crippen LogP contribution in [-0.2, 0) is 11.2 Å². The topological polar surface area (TPSA) is 60.0 Å². The van der Waals surface area contributed by atoms with Gasteiger partial charge in [0.05, 0.1) is 6.61 Å². The number of benzene rings is 1. The SMILES string of the molecule is C=CCOC(COc1ccc(Br)cc1)(Cc1ncn[nH]1)C(C)(C)C. The fourth-order valence-corrected chi connectivity index (χ4v) is 2.64. The number of aromatic nitrogens is 3. The molecule has 0 fully saturated rings. The van der Waals surface area contributed by atoms with E-state index < -0.39 is 5.60 Å². The maximum atomic E-state index is 6.22. The number of nitrogens with zero attached hydrogens (tertiary/aromatic N) is 2. The van der Waals surface area contributed by atoms with Crippen LogP contribution in [0.3, 0.4) is 0 Å². The van der Waals surface area contributed by atoms with Gasteiger partial charge in [0.1, 0.15) is 30.1 Å².